The first-order valence-electron chi connectivity index (χ1n) is 6.05. The lowest BCUT2D eigenvalue weighted by atomic mass is 9.89. The molecule has 84 valence electrons. The van der Waals surface area contributed by atoms with Crippen molar-refractivity contribution in [1.29, 1.82) is 0 Å². The smallest absolute Gasteiger partial charge is 0.0524 e. The molecule has 1 aromatic rings. The van der Waals surface area contributed by atoms with Crippen molar-refractivity contribution in [1.82, 2.24) is 15.1 Å². The van der Waals surface area contributed by atoms with Crippen LogP contribution in [0.1, 0.15) is 44.6 Å². The third-order valence-electron chi connectivity index (χ3n) is 3.20. The number of nitrogens with zero attached hydrogens (tertiary/aromatic N) is 2. The third-order valence-corrected chi connectivity index (χ3v) is 3.20. The maximum Gasteiger partial charge on any atom is 0.0524 e. The SMILES string of the molecule is CCCn1cc(C2CCNC(C)C2)cn1. The van der Waals surface area contributed by atoms with Crippen molar-refractivity contribution in [2.75, 3.05) is 6.54 Å². The Labute approximate surface area is 91.9 Å². The summed E-state index contributed by atoms with van der Waals surface area (Å²) < 4.78 is 2.07. The van der Waals surface area contributed by atoms with E-state index in [2.05, 4.69) is 41.3 Å². The van der Waals surface area contributed by atoms with Gasteiger partial charge in [-0.2, -0.15) is 5.10 Å². The minimum absolute atomic E-state index is 0.651. The van der Waals surface area contributed by atoms with Gasteiger partial charge in [-0.15, -0.1) is 0 Å². The van der Waals surface area contributed by atoms with Crippen LogP contribution in [-0.2, 0) is 6.54 Å². The molecule has 0 saturated carbocycles. The minimum atomic E-state index is 0.651. The zero-order chi connectivity index (χ0) is 10.7. The molecule has 1 N–H and O–H groups in total. The van der Waals surface area contributed by atoms with E-state index in [1.165, 1.54) is 18.4 Å². The van der Waals surface area contributed by atoms with Crippen molar-refractivity contribution in [2.24, 2.45) is 0 Å². The van der Waals surface area contributed by atoms with Crippen LogP contribution in [0.3, 0.4) is 0 Å². The lowest BCUT2D eigenvalue weighted by Gasteiger charge is -2.27. The Morgan fingerprint density at radius 1 is 1.60 bits per heavy atom. The highest BCUT2D eigenvalue weighted by Gasteiger charge is 2.20. The standard InChI is InChI=1S/C12H21N3/c1-3-6-15-9-12(8-14-15)11-4-5-13-10(2)7-11/h8-11,13H,3-7H2,1-2H3. The second-order valence-corrected chi connectivity index (χ2v) is 4.61. The van der Waals surface area contributed by atoms with Crippen molar-refractivity contribution >= 4 is 0 Å². The van der Waals surface area contributed by atoms with E-state index in [9.17, 15) is 0 Å². The average Bonchev–Trinajstić information content (AvgIpc) is 2.67. The van der Waals surface area contributed by atoms with Crippen LogP contribution in [0.2, 0.25) is 0 Å². The lowest BCUT2D eigenvalue weighted by molar-refractivity contribution is 0.381. The molecule has 0 aromatic carbocycles. The van der Waals surface area contributed by atoms with Gasteiger partial charge in [0, 0.05) is 18.8 Å². The second kappa shape index (κ2) is 4.79. The van der Waals surface area contributed by atoms with E-state index in [1.807, 2.05) is 0 Å². The van der Waals surface area contributed by atoms with Crippen LogP contribution >= 0.6 is 0 Å². The first-order chi connectivity index (χ1) is 7.29. The lowest BCUT2D eigenvalue weighted by Crippen LogP contribution is -2.34. The summed E-state index contributed by atoms with van der Waals surface area (Å²) in [5.41, 5.74) is 1.43. The van der Waals surface area contributed by atoms with Crippen LogP contribution in [0.5, 0.6) is 0 Å². The van der Waals surface area contributed by atoms with Crippen LogP contribution in [0.15, 0.2) is 12.4 Å². The van der Waals surface area contributed by atoms with Crippen LogP contribution in [-0.4, -0.2) is 22.4 Å². The minimum Gasteiger partial charge on any atom is -0.314 e. The number of nitrogens with one attached hydrogen (secondary N) is 1. The Bertz CT molecular complexity index is 306. The highest BCUT2D eigenvalue weighted by molar-refractivity contribution is 5.12. The summed E-state index contributed by atoms with van der Waals surface area (Å²) in [7, 11) is 0. The molecule has 1 fully saturated rings. The normalized spacial score (nSPS) is 26.8. The van der Waals surface area contributed by atoms with Crippen molar-refractivity contribution in [2.45, 2.75) is 51.6 Å². The number of hydrogen-bond donors (Lipinski definition) is 1. The molecule has 1 aromatic heterocycles. The molecule has 0 aliphatic carbocycles. The monoisotopic (exact) mass is 207 g/mol. The molecule has 0 amide bonds. The van der Waals surface area contributed by atoms with Crippen molar-refractivity contribution < 1.29 is 0 Å². The number of aromatic nitrogens is 2. The molecule has 3 nitrogen and oxygen atoms in total. The van der Waals surface area contributed by atoms with E-state index in [0.29, 0.717) is 12.0 Å². The Morgan fingerprint density at radius 3 is 3.20 bits per heavy atom. The molecule has 0 bridgehead atoms. The molecule has 1 aliphatic heterocycles. The van der Waals surface area contributed by atoms with Gasteiger partial charge in [0.2, 0.25) is 0 Å². The summed E-state index contributed by atoms with van der Waals surface area (Å²) in [6.07, 6.45) is 7.94. The molecule has 2 rings (SSSR count). The van der Waals surface area contributed by atoms with E-state index in [4.69, 9.17) is 0 Å². The van der Waals surface area contributed by atoms with Gasteiger partial charge in [-0.05, 0) is 44.2 Å². The van der Waals surface area contributed by atoms with E-state index in [1.54, 1.807) is 0 Å². The first kappa shape index (κ1) is 10.7. The fraction of sp³-hybridized carbons (Fsp3) is 0.750. The zero-order valence-electron chi connectivity index (χ0n) is 9.74. The summed E-state index contributed by atoms with van der Waals surface area (Å²) in [5.74, 6) is 0.715. The molecule has 2 atom stereocenters. The molecule has 2 unspecified atom stereocenters. The molecule has 1 saturated heterocycles. The molecular formula is C12H21N3. The molecule has 2 heterocycles. The third kappa shape index (κ3) is 2.59. The van der Waals surface area contributed by atoms with Crippen LogP contribution in [0.4, 0.5) is 0 Å². The Hall–Kier alpha value is -0.830. The first-order valence-corrected chi connectivity index (χ1v) is 6.05. The zero-order valence-corrected chi connectivity index (χ0v) is 9.74. The van der Waals surface area contributed by atoms with Crippen molar-refractivity contribution in [3.8, 4) is 0 Å². The Balaban J connectivity index is 2.01. The Kier molecular flexibility index (Phi) is 3.41. The topological polar surface area (TPSA) is 29.9 Å². The number of hydrogen-bond acceptors (Lipinski definition) is 2. The van der Waals surface area contributed by atoms with Gasteiger partial charge >= 0.3 is 0 Å². The predicted octanol–water partition coefficient (Wildman–Crippen LogP) is 2.15. The quantitative estimate of drug-likeness (QED) is 0.823. The van der Waals surface area contributed by atoms with Gasteiger partial charge in [0.25, 0.3) is 0 Å². The van der Waals surface area contributed by atoms with E-state index < -0.39 is 0 Å². The highest BCUT2D eigenvalue weighted by Crippen LogP contribution is 2.27. The molecule has 0 spiro atoms. The van der Waals surface area contributed by atoms with E-state index in [0.717, 1.165) is 19.5 Å². The molecular weight excluding hydrogens is 186 g/mol. The molecule has 15 heavy (non-hydrogen) atoms. The second-order valence-electron chi connectivity index (χ2n) is 4.61. The summed E-state index contributed by atoms with van der Waals surface area (Å²) in [5, 5.41) is 7.89. The van der Waals surface area contributed by atoms with Crippen molar-refractivity contribution in [3.05, 3.63) is 18.0 Å². The van der Waals surface area contributed by atoms with Crippen LogP contribution in [0.25, 0.3) is 0 Å². The predicted molar refractivity (Wildman–Crippen MR) is 62.0 cm³/mol. The van der Waals surface area contributed by atoms with Gasteiger partial charge in [-0.1, -0.05) is 6.92 Å². The number of piperidine rings is 1. The van der Waals surface area contributed by atoms with Gasteiger partial charge in [0.1, 0.15) is 0 Å². The largest absolute Gasteiger partial charge is 0.314 e. The number of rotatable bonds is 3. The number of aryl methyl sites for hydroxylation is 1. The average molecular weight is 207 g/mol. The van der Waals surface area contributed by atoms with Gasteiger partial charge in [0.05, 0.1) is 6.20 Å². The van der Waals surface area contributed by atoms with E-state index >= 15 is 0 Å². The Morgan fingerprint density at radius 2 is 2.47 bits per heavy atom. The van der Waals surface area contributed by atoms with Crippen molar-refractivity contribution in [3.63, 3.8) is 0 Å². The van der Waals surface area contributed by atoms with E-state index in [-0.39, 0.29) is 0 Å². The molecule has 1 aliphatic rings. The van der Waals surface area contributed by atoms with Gasteiger partial charge in [-0.25, -0.2) is 0 Å². The molecule has 0 radical (unpaired) electrons. The summed E-state index contributed by atoms with van der Waals surface area (Å²) >= 11 is 0. The maximum absolute atomic E-state index is 4.40. The fourth-order valence-electron chi connectivity index (χ4n) is 2.38. The summed E-state index contributed by atoms with van der Waals surface area (Å²) in [6.45, 7) is 6.64. The van der Waals surface area contributed by atoms with Gasteiger partial charge in [-0.3, -0.25) is 4.68 Å². The van der Waals surface area contributed by atoms with Crippen LogP contribution < -0.4 is 5.32 Å². The summed E-state index contributed by atoms with van der Waals surface area (Å²) in [6, 6.07) is 0.651. The highest BCUT2D eigenvalue weighted by atomic mass is 15.3. The van der Waals surface area contributed by atoms with Gasteiger partial charge < -0.3 is 5.32 Å². The molecule has 3 heteroatoms. The summed E-state index contributed by atoms with van der Waals surface area (Å²) in [4.78, 5) is 0. The van der Waals surface area contributed by atoms with Crippen LogP contribution in [0, 0.1) is 0 Å². The maximum atomic E-state index is 4.40. The fourth-order valence-corrected chi connectivity index (χ4v) is 2.38. The van der Waals surface area contributed by atoms with Gasteiger partial charge in [0.15, 0.2) is 0 Å².